The standard InChI is InChI=1S/C12H16BrFO/c1-8(2)7-12(3,15)9-5-4-6-10(13)11(9)14/h4-6,8,15H,7H2,1-3H3. The average molecular weight is 275 g/mol. The Morgan fingerprint density at radius 3 is 2.60 bits per heavy atom. The van der Waals surface area contributed by atoms with Crippen LogP contribution in [-0.4, -0.2) is 5.11 Å². The van der Waals surface area contributed by atoms with Crippen molar-refractivity contribution in [3.63, 3.8) is 0 Å². The minimum atomic E-state index is -1.11. The van der Waals surface area contributed by atoms with Crippen molar-refractivity contribution in [1.82, 2.24) is 0 Å². The highest BCUT2D eigenvalue weighted by atomic mass is 79.9. The molecule has 0 aromatic heterocycles. The molecule has 1 aromatic carbocycles. The molecule has 1 aromatic rings. The first-order valence-electron chi connectivity index (χ1n) is 5.01. The third kappa shape index (κ3) is 3.02. The molecule has 0 saturated heterocycles. The van der Waals surface area contributed by atoms with Gasteiger partial charge in [0.25, 0.3) is 0 Å². The van der Waals surface area contributed by atoms with Crippen LogP contribution in [0.25, 0.3) is 0 Å². The van der Waals surface area contributed by atoms with Gasteiger partial charge in [0.05, 0.1) is 10.1 Å². The Morgan fingerprint density at radius 2 is 2.07 bits per heavy atom. The van der Waals surface area contributed by atoms with Crippen molar-refractivity contribution in [3.05, 3.63) is 34.1 Å². The zero-order valence-electron chi connectivity index (χ0n) is 9.22. The van der Waals surface area contributed by atoms with Gasteiger partial charge >= 0.3 is 0 Å². The molecule has 1 unspecified atom stereocenters. The van der Waals surface area contributed by atoms with Gasteiger partial charge in [-0.1, -0.05) is 26.0 Å². The van der Waals surface area contributed by atoms with E-state index in [0.29, 0.717) is 22.4 Å². The lowest BCUT2D eigenvalue weighted by molar-refractivity contribution is 0.0313. The highest BCUT2D eigenvalue weighted by Gasteiger charge is 2.28. The predicted octanol–water partition coefficient (Wildman–Crippen LogP) is 3.84. The molecule has 1 N–H and O–H groups in total. The summed E-state index contributed by atoms with van der Waals surface area (Å²) in [7, 11) is 0. The SMILES string of the molecule is CC(C)CC(C)(O)c1cccc(Br)c1F. The van der Waals surface area contributed by atoms with Crippen LogP contribution in [-0.2, 0) is 5.60 Å². The third-order valence-corrected chi connectivity index (χ3v) is 2.95. The second kappa shape index (κ2) is 4.62. The van der Waals surface area contributed by atoms with Gasteiger partial charge in [0.15, 0.2) is 0 Å². The van der Waals surface area contributed by atoms with Crippen molar-refractivity contribution < 1.29 is 9.50 Å². The number of halogens is 2. The highest BCUT2D eigenvalue weighted by molar-refractivity contribution is 9.10. The smallest absolute Gasteiger partial charge is 0.143 e. The molecule has 84 valence electrons. The van der Waals surface area contributed by atoms with Gasteiger partial charge in [-0.05, 0) is 41.3 Å². The second-order valence-corrected chi connectivity index (χ2v) is 5.33. The van der Waals surface area contributed by atoms with Crippen LogP contribution in [0, 0.1) is 11.7 Å². The van der Waals surface area contributed by atoms with Crippen LogP contribution in [0.5, 0.6) is 0 Å². The fourth-order valence-electron chi connectivity index (χ4n) is 1.82. The molecule has 0 bridgehead atoms. The van der Waals surface area contributed by atoms with Crippen molar-refractivity contribution in [2.45, 2.75) is 32.8 Å². The van der Waals surface area contributed by atoms with Gasteiger partial charge in [-0.3, -0.25) is 0 Å². The summed E-state index contributed by atoms with van der Waals surface area (Å²) in [5.74, 6) is -0.0541. The Balaban J connectivity index is 3.09. The molecule has 1 nitrogen and oxygen atoms in total. The van der Waals surface area contributed by atoms with Crippen molar-refractivity contribution in [3.8, 4) is 0 Å². The van der Waals surface area contributed by atoms with E-state index in [-0.39, 0.29) is 5.82 Å². The molecular formula is C12H16BrFO. The molecular weight excluding hydrogens is 259 g/mol. The maximum Gasteiger partial charge on any atom is 0.143 e. The predicted molar refractivity (Wildman–Crippen MR) is 63.1 cm³/mol. The van der Waals surface area contributed by atoms with Gasteiger partial charge in [0.1, 0.15) is 5.82 Å². The highest BCUT2D eigenvalue weighted by Crippen LogP contribution is 2.32. The molecule has 0 amide bonds. The van der Waals surface area contributed by atoms with Crippen molar-refractivity contribution in [2.24, 2.45) is 5.92 Å². The summed E-state index contributed by atoms with van der Waals surface area (Å²) in [6.45, 7) is 5.66. The van der Waals surface area contributed by atoms with Crippen LogP contribution in [0.2, 0.25) is 0 Å². The van der Waals surface area contributed by atoms with Gasteiger partial charge in [-0.2, -0.15) is 0 Å². The van der Waals surface area contributed by atoms with Gasteiger partial charge in [-0.15, -0.1) is 0 Å². The maximum absolute atomic E-state index is 13.7. The van der Waals surface area contributed by atoms with Crippen LogP contribution in [0.4, 0.5) is 4.39 Å². The molecule has 15 heavy (non-hydrogen) atoms. The molecule has 0 spiro atoms. The second-order valence-electron chi connectivity index (χ2n) is 4.47. The fraction of sp³-hybridized carbons (Fsp3) is 0.500. The lowest BCUT2D eigenvalue weighted by atomic mass is 9.87. The number of hydrogen-bond donors (Lipinski definition) is 1. The molecule has 3 heteroatoms. The van der Waals surface area contributed by atoms with E-state index in [0.717, 1.165) is 0 Å². The first-order chi connectivity index (χ1) is 6.84. The lowest BCUT2D eigenvalue weighted by Gasteiger charge is -2.26. The Hall–Kier alpha value is -0.410. The maximum atomic E-state index is 13.7. The number of aliphatic hydroxyl groups is 1. The Bertz CT molecular complexity index is 347. The van der Waals surface area contributed by atoms with E-state index in [2.05, 4.69) is 15.9 Å². The minimum absolute atomic E-state index is 0.318. The van der Waals surface area contributed by atoms with Crippen LogP contribution in [0.15, 0.2) is 22.7 Å². The van der Waals surface area contributed by atoms with Crippen molar-refractivity contribution >= 4 is 15.9 Å². The van der Waals surface area contributed by atoms with E-state index in [1.807, 2.05) is 13.8 Å². The van der Waals surface area contributed by atoms with Gasteiger partial charge in [0, 0.05) is 5.56 Å². The molecule has 0 fully saturated rings. The van der Waals surface area contributed by atoms with Gasteiger partial charge < -0.3 is 5.11 Å². The molecule has 1 atom stereocenters. The summed E-state index contributed by atoms with van der Waals surface area (Å²) in [4.78, 5) is 0. The normalized spacial score (nSPS) is 15.4. The Kier molecular flexibility index (Phi) is 3.90. The molecule has 0 aliphatic carbocycles. The van der Waals surface area contributed by atoms with Crippen LogP contribution in [0.3, 0.4) is 0 Å². The average Bonchev–Trinajstić information content (AvgIpc) is 2.07. The molecule has 1 rings (SSSR count). The van der Waals surface area contributed by atoms with E-state index < -0.39 is 5.60 Å². The number of hydrogen-bond acceptors (Lipinski definition) is 1. The summed E-state index contributed by atoms with van der Waals surface area (Å²) >= 11 is 3.12. The summed E-state index contributed by atoms with van der Waals surface area (Å²) in [5.41, 5.74) is -0.757. The Labute approximate surface area is 98.4 Å². The van der Waals surface area contributed by atoms with E-state index in [9.17, 15) is 9.50 Å². The van der Waals surface area contributed by atoms with Crippen molar-refractivity contribution in [2.75, 3.05) is 0 Å². The molecule has 0 aliphatic rings. The third-order valence-electron chi connectivity index (χ3n) is 2.34. The molecule has 0 saturated carbocycles. The summed E-state index contributed by atoms with van der Waals surface area (Å²) < 4.78 is 14.1. The van der Waals surface area contributed by atoms with E-state index in [1.54, 1.807) is 25.1 Å². The zero-order chi connectivity index (χ0) is 11.6. The van der Waals surface area contributed by atoms with Crippen LogP contribution < -0.4 is 0 Å². The first kappa shape index (κ1) is 12.7. The van der Waals surface area contributed by atoms with Crippen LogP contribution in [0.1, 0.15) is 32.8 Å². The zero-order valence-corrected chi connectivity index (χ0v) is 10.8. The minimum Gasteiger partial charge on any atom is -0.385 e. The first-order valence-corrected chi connectivity index (χ1v) is 5.81. The lowest BCUT2D eigenvalue weighted by Crippen LogP contribution is -2.24. The molecule has 0 heterocycles. The number of benzene rings is 1. The van der Waals surface area contributed by atoms with E-state index in [1.165, 1.54) is 0 Å². The summed E-state index contributed by atoms with van der Waals surface area (Å²) in [5, 5.41) is 10.2. The number of rotatable bonds is 3. The van der Waals surface area contributed by atoms with Gasteiger partial charge in [-0.25, -0.2) is 4.39 Å². The van der Waals surface area contributed by atoms with Gasteiger partial charge in [0.2, 0.25) is 0 Å². The summed E-state index contributed by atoms with van der Waals surface area (Å²) in [6.07, 6.45) is 0.542. The molecule has 0 aliphatic heterocycles. The summed E-state index contributed by atoms with van der Waals surface area (Å²) in [6, 6.07) is 4.99. The van der Waals surface area contributed by atoms with E-state index >= 15 is 0 Å². The molecule has 0 radical (unpaired) electrons. The van der Waals surface area contributed by atoms with Crippen molar-refractivity contribution in [1.29, 1.82) is 0 Å². The monoisotopic (exact) mass is 274 g/mol. The van der Waals surface area contributed by atoms with Crippen LogP contribution >= 0.6 is 15.9 Å². The fourth-order valence-corrected chi connectivity index (χ4v) is 2.19. The van der Waals surface area contributed by atoms with E-state index in [4.69, 9.17) is 0 Å². The Morgan fingerprint density at radius 1 is 1.47 bits per heavy atom. The topological polar surface area (TPSA) is 20.2 Å². The quantitative estimate of drug-likeness (QED) is 0.888. The largest absolute Gasteiger partial charge is 0.385 e.